The molecule has 1 aromatic carbocycles. The molecule has 0 saturated heterocycles. The van der Waals surface area contributed by atoms with E-state index in [-0.39, 0.29) is 41.2 Å². The Bertz CT molecular complexity index is 1510. The number of alkyl halides is 3. The lowest BCUT2D eigenvalue weighted by Crippen LogP contribution is -2.31. The summed E-state index contributed by atoms with van der Waals surface area (Å²) in [4.78, 5) is 33.9. The van der Waals surface area contributed by atoms with Crippen molar-refractivity contribution in [1.29, 1.82) is 0 Å². The van der Waals surface area contributed by atoms with Gasteiger partial charge in [-0.2, -0.15) is 13.2 Å². The number of likely N-dealkylation sites (N-methyl/N-ethyl adjacent to an activating group) is 2. The van der Waals surface area contributed by atoms with Crippen LogP contribution < -0.4 is 37.9 Å². The largest absolute Gasteiger partial charge is 0.494 e. The van der Waals surface area contributed by atoms with Crippen molar-refractivity contribution >= 4 is 23.7 Å². The summed E-state index contributed by atoms with van der Waals surface area (Å²) in [6, 6.07) is 9.40. The number of aliphatic imine (C=N–C) groups is 1. The summed E-state index contributed by atoms with van der Waals surface area (Å²) >= 11 is 0. The van der Waals surface area contributed by atoms with Crippen molar-refractivity contribution in [2.75, 3.05) is 46.7 Å². The average molecular weight is 660 g/mol. The molecule has 9 N–H and O–H groups in total. The van der Waals surface area contributed by atoms with Crippen molar-refractivity contribution in [3.8, 4) is 16.9 Å². The van der Waals surface area contributed by atoms with Crippen molar-refractivity contribution in [2.24, 2.45) is 28.1 Å². The van der Waals surface area contributed by atoms with E-state index in [0.29, 0.717) is 18.0 Å². The number of aryl methyl sites for hydroxylation is 1. The van der Waals surface area contributed by atoms with Crippen molar-refractivity contribution in [1.82, 2.24) is 20.5 Å². The number of ether oxygens (including phenoxy) is 1. The van der Waals surface area contributed by atoms with E-state index in [0.717, 1.165) is 35.9 Å². The molecule has 0 radical (unpaired) electrons. The van der Waals surface area contributed by atoms with Crippen LogP contribution >= 0.6 is 0 Å². The second kappa shape index (κ2) is 17.6. The number of halogens is 3. The Hall–Kier alpha value is -5.05. The summed E-state index contributed by atoms with van der Waals surface area (Å²) in [6.07, 6.45) is 1.53. The summed E-state index contributed by atoms with van der Waals surface area (Å²) in [5.41, 5.74) is 19.3. The number of carbonyl (C=O) groups excluding carboxylic acids is 2. The van der Waals surface area contributed by atoms with Crippen LogP contribution in [-0.4, -0.2) is 75.4 Å². The van der Waals surface area contributed by atoms with Gasteiger partial charge in [0.2, 0.25) is 5.91 Å². The Balaban J connectivity index is 0.000000433. The lowest BCUT2D eigenvalue weighted by atomic mass is 10.0. The third-order valence-corrected chi connectivity index (χ3v) is 6.90. The number of carbonyl (C=O) groups is 2. The number of hydrogen-bond acceptors (Lipinski definition) is 10. The number of anilines is 1. The Morgan fingerprint density at radius 2 is 1.85 bits per heavy atom. The van der Waals surface area contributed by atoms with E-state index in [9.17, 15) is 22.8 Å². The highest BCUT2D eigenvalue weighted by Gasteiger charge is 2.34. The van der Waals surface area contributed by atoms with Crippen LogP contribution in [0.3, 0.4) is 0 Å². The molecule has 1 aliphatic carbocycles. The number of para-hydroxylation sites is 1. The Labute approximate surface area is 273 Å². The van der Waals surface area contributed by atoms with Gasteiger partial charge in [0.1, 0.15) is 23.0 Å². The van der Waals surface area contributed by atoms with Gasteiger partial charge in [0.25, 0.3) is 5.91 Å². The van der Waals surface area contributed by atoms with Gasteiger partial charge < -0.3 is 42.8 Å². The maximum Gasteiger partial charge on any atom is 0.431 e. The third kappa shape index (κ3) is 11.7. The number of rotatable bonds is 12. The minimum atomic E-state index is -4.49. The standard InChI is InChI=1S/C23H28N6O3.C9H16F3N3/c1-13-7-8-15(12-27-13)16-5-4-6-17(21(16)32-3)28-18(20(25)23(31)26-2)11-19(24)29-22(30)14-9-10-14;1-4-15(3)6-7(5-14-2)8(13)9(10,11)12/h4-8,11-12,14,28H,9-10,24-25H2,1-3H3,(H,26,31)(H,29,30);5H,4,6,13H2,1-3H3/b19-11+,20-18+;8-7+,14-5?. The fourth-order valence-corrected chi connectivity index (χ4v) is 4.01. The monoisotopic (exact) mass is 659 g/mol. The molecule has 12 nitrogen and oxygen atoms in total. The van der Waals surface area contributed by atoms with Crippen molar-refractivity contribution in [2.45, 2.75) is 32.9 Å². The zero-order chi connectivity index (χ0) is 35.3. The predicted octanol–water partition coefficient (Wildman–Crippen LogP) is 3.13. The van der Waals surface area contributed by atoms with E-state index in [4.69, 9.17) is 21.9 Å². The predicted molar refractivity (Wildman–Crippen MR) is 178 cm³/mol. The highest BCUT2D eigenvalue weighted by molar-refractivity contribution is 5.94. The number of amides is 2. The Morgan fingerprint density at radius 3 is 2.36 bits per heavy atom. The molecule has 1 aliphatic rings. The van der Waals surface area contributed by atoms with Gasteiger partial charge in [-0.3, -0.25) is 19.6 Å². The minimum absolute atomic E-state index is 0.00523. The number of nitrogens with two attached hydrogens (primary N) is 3. The fourth-order valence-electron chi connectivity index (χ4n) is 4.01. The zero-order valence-corrected chi connectivity index (χ0v) is 27.5. The second-order valence-electron chi connectivity index (χ2n) is 10.6. The maximum atomic E-state index is 12.3. The van der Waals surface area contributed by atoms with Crippen LogP contribution in [0.15, 0.2) is 76.1 Å². The summed E-state index contributed by atoms with van der Waals surface area (Å²) in [6.45, 7) is 4.55. The number of pyridine rings is 1. The number of nitrogens with one attached hydrogen (secondary N) is 3. The molecule has 1 fully saturated rings. The molecule has 1 heterocycles. The van der Waals surface area contributed by atoms with E-state index in [2.05, 4.69) is 25.9 Å². The molecule has 0 aliphatic heterocycles. The molecule has 47 heavy (non-hydrogen) atoms. The van der Waals surface area contributed by atoms with E-state index >= 15 is 0 Å². The summed E-state index contributed by atoms with van der Waals surface area (Å²) < 4.78 is 42.6. The van der Waals surface area contributed by atoms with Crippen LogP contribution in [0.2, 0.25) is 0 Å². The summed E-state index contributed by atoms with van der Waals surface area (Å²) in [5, 5.41) is 8.25. The fraction of sp³-hybridized carbons (Fsp3) is 0.375. The molecule has 3 rings (SSSR count). The van der Waals surface area contributed by atoms with E-state index in [1.54, 1.807) is 31.3 Å². The van der Waals surface area contributed by atoms with Gasteiger partial charge in [-0.1, -0.05) is 25.1 Å². The quantitative estimate of drug-likeness (QED) is 0.113. The lowest BCUT2D eigenvalue weighted by molar-refractivity contribution is -0.121. The normalized spacial score (nSPS) is 14.5. The topological polar surface area (TPSA) is 186 Å². The van der Waals surface area contributed by atoms with Crippen LogP contribution in [0.25, 0.3) is 11.1 Å². The minimum Gasteiger partial charge on any atom is -0.494 e. The van der Waals surface area contributed by atoms with Gasteiger partial charge in [-0.25, -0.2) is 0 Å². The van der Waals surface area contributed by atoms with Crippen LogP contribution in [-0.2, 0) is 9.59 Å². The number of benzene rings is 1. The van der Waals surface area contributed by atoms with Gasteiger partial charge in [-0.15, -0.1) is 0 Å². The van der Waals surface area contributed by atoms with Crippen LogP contribution in [0.4, 0.5) is 18.9 Å². The molecule has 1 saturated carbocycles. The van der Waals surface area contributed by atoms with Crippen molar-refractivity contribution in [3.63, 3.8) is 0 Å². The molecular formula is C32H44F3N9O3. The highest BCUT2D eigenvalue weighted by Crippen LogP contribution is 2.37. The van der Waals surface area contributed by atoms with E-state index in [1.165, 1.54) is 20.2 Å². The van der Waals surface area contributed by atoms with Crippen molar-refractivity contribution < 1.29 is 27.5 Å². The number of nitrogens with zero attached hydrogens (tertiary/aromatic N) is 3. The second-order valence-corrected chi connectivity index (χ2v) is 10.6. The highest BCUT2D eigenvalue weighted by atomic mass is 19.4. The molecule has 0 atom stereocenters. The molecule has 0 spiro atoms. The summed E-state index contributed by atoms with van der Waals surface area (Å²) in [5.74, 6) is -0.0482. The molecule has 256 valence electrons. The Morgan fingerprint density at radius 1 is 1.17 bits per heavy atom. The number of methoxy groups -OCH3 is 1. The lowest BCUT2D eigenvalue weighted by Gasteiger charge is -2.17. The maximum absolute atomic E-state index is 12.3. The van der Waals surface area contributed by atoms with Gasteiger partial charge >= 0.3 is 6.18 Å². The van der Waals surface area contributed by atoms with Crippen LogP contribution in [0.5, 0.6) is 5.75 Å². The van der Waals surface area contributed by atoms with E-state index < -0.39 is 17.8 Å². The molecule has 0 unspecified atom stereocenters. The first-order valence-corrected chi connectivity index (χ1v) is 14.7. The SMILES string of the molecule is CCN(C)C/C(C=NC)=C(/N)C(F)(F)F.CNC(=O)/C(N)=C(/C=C(\N)NC(=O)C1CC1)Nc1cccc(-c2ccc(C)nc2)c1OC. The van der Waals surface area contributed by atoms with Crippen LogP contribution in [0.1, 0.15) is 25.5 Å². The molecule has 2 aromatic rings. The first-order chi connectivity index (χ1) is 22.2. The number of aromatic nitrogens is 1. The molecule has 15 heteroatoms. The average Bonchev–Trinajstić information content (AvgIpc) is 3.89. The number of hydrogen-bond donors (Lipinski definition) is 6. The Kier molecular flexibility index (Phi) is 14.3. The van der Waals surface area contributed by atoms with Crippen LogP contribution in [0, 0.1) is 12.8 Å². The summed E-state index contributed by atoms with van der Waals surface area (Å²) in [7, 11) is 6.15. The molecule has 2 amide bonds. The first-order valence-electron chi connectivity index (χ1n) is 14.7. The van der Waals surface area contributed by atoms with Gasteiger partial charge in [0, 0.05) is 67.4 Å². The third-order valence-electron chi connectivity index (χ3n) is 6.90. The number of allylic oxidation sites excluding steroid dienone is 2. The smallest absolute Gasteiger partial charge is 0.431 e. The van der Waals surface area contributed by atoms with Gasteiger partial charge in [-0.05, 0) is 45.5 Å². The molecule has 1 aromatic heterocycles. The van der Waals surface area contributed by atoms with Crippen molar-refractivity contribution in [3.05, 3.63) is 76.8 Å². The van der Waals surface area contributed by atoms with E-state index in [1.807, 2.05) is 38.1 Å². The molecular weight excluding hydrogens is 615 g/mol. The zero-order valence-electron chi connectivity index (χ0n) is 27.5. The molecule has 0 bridgehead atoms. The van der Waals surface area contributed by atoms with Gasteiger partial charge in [0.05, 0.1) is 18.5 Å². The van der Waals surface area contributed by atoms with Gasteiger partial charge in [0.15, 0.2) is 0 Å². The first kappa shape index (κ1) is 38.1.